The molecule has 3 rings (SSSR count). The van der Waals surface area contributed by atoms with Gasteiger partial charge >= 0.3 is 5.97 Å². The van der Waals surface area contributed by atoms with E-state index in [9.17, 15) is 9.90 Å². The lowest BCUT2D eigenvalue weighted by molar-refractivity contribution is 0.0600. The minimum absolute atomic E-state index is 0.213. The van der Waals surface area contributed by atoms with E-state index in [1.807, 2.05) is 10.6 Å². The summed E-state index contributed by atoms with van der Waals surface area (Å²) in [6, 6.07) is 10.2. The maximum atomic E-state index is 11.5. The molecule has 0 unspecified atom stereocenters. The molecule has 0 atom stereocenters. The lowest BCUT2D eigenvalue weighted by Crippen LogP contribution is -2.01. The predicted molar refractivity (Wildman–Crippen MR) is 73.6 cm³/mol. The van der Waals surface area contributed by atoms with Gasteiger partial charge in [-0.15, -0.1) is 0 Å². The van der Waals surface area contributed by atoms with Crippen LogP contribution in [0.3, 0.4) is 0 Å². The average molecular weight is 268 g/mol. The number of carbonyl (C=O) groups excluding carboxylic acids is 1. The second kappa shape index (κ2) is 4.70. The van der Waals surface area contributed by atoms with Gasteiger partial charge in [0.2, 0.25) is 0 Å². The van der Waals surface area contributed by atoms with Crippen LogP contribution in [0.15, 0.2) is 48.8 Å². The smallest absolute Gasteiger partial charge is 0.338 e. The molecule has 100 valence electrons. The summed E-state index contributed by atoms with van der Waals surface area (Å²) in [4.78, 5) is 15.9. The van der Waals surface area contributed by atoms with Gasteiger partial charge in [0.1, 0.15) is 11.4 Å². The Bertz CT molecular complexity index is 775. The molecule has 0 aliphatic rings. The largest absolute Gasteiger partial charge is 0.508 e. The fourth-order valence-electron chi connectivity index (χ4n) is 2.00. The molecule has 0 aliphatic carbocycles. The van der Waals surface area contributed by atoms with Crippen LogP contribution in [-0.2, 0) is 4.74 Å². The zero-order chi connectivity index (χ0) is 14.1. The molecule has 2 aromatic heterocycles. The number of nitrogens with zero attached hydrogens (tertiary/aromatic N) is 2. The van der Waals surface area contributed by atoms with Gasteiger partial charge < -0.3 is 14.2 Å². The molecule has 0 fully saturated rings. The van der Waals surface area contributed by atoms with Gasteiger partial charge in [-0.2, -0.15) is 0 Å². The number of carbonyl (C=O) groups is 1. The number of fused-ring (bicyclic) bond motifs is 1. The number of methoxy groups -OCH3 is 1. The number of imidazole rings is 1. The third-order valence-electron chi connectivity index (χ3n) is 3.04. The molecular weight excluding hydrogens is 256 g/mol. The summed E-state index contributed by atoms with van der Waals surface area (Å²) in [5.41, 5.74) is 2.79. The molecule has 2 heterocycles. The first-order valence-electron chi connectivity index (χ1n) is 6.04. The van der Waals surface area contributed by atoms with Gasteiger partial charge in [0.05, 0.1) is 18.4 Å². The number of pyridine rings is 1. The summed E-state index contributed by atoms with van der Waals surface area (Å²) < 4.78 is 6.51. The number of esters is 1. The number of benzene rings is 1. The number of ether oxygens (including phenoxy) is 1. The Morgan fingerprint density at radius 3 is 2.70 bits per heavy atom. The molecule has 0 bridgehead atoms. The van der Waals surface area contributed by atoms with E-state index in [1.165, 1.54) is 7.11 Å². The van der Waals surface area contributed by atoms with Crippen molar-refractivity contribution >= 4 is 11.6 Å². The zero-order valence-corrected chi connectivity index (χ0v) is 10.8. The van der Waals surface area contributed by atoms with Gasteiger partial charge in [0, 0.05) is 18.0 Å². The highest BCUT2D eigenvalue weighted by atomic mass is 16.5. The summed E-state index contributed by atoms with van der Waals surface area (Å²) in [5, 5.41) is 9.29. The van der Waals surface area contributed by atoms with E-state index >= 15 is 0 Å². The van der Waals surface area contributed by atoms with Crippen molar-refractivity contribution in [3.63, 3.8) is 0 Å². The highest BCUT2D eigenvalue weighted by molar-refractivity contribution is 5.90. The van der Waals surface area contributed by atoms with Crippen LogP contribution in [0.5, 0.6) is 5.75 Å². The Hall–Kier alpha value is -2.82. The quantitative estimate of drug-likeness (QED) is 0.725. The van der Waals surface area contributed by atoms with E-state index in [-0.39, 0.29) is 11.7 Å². The van der Waals surface area contributed by atoms with Crippen LogP contribution in [0.4, 0.5) is 0 Å². The van der Waals surface area contributed by atoms with Gasteiger partial charge in [-0.1, -0.05) is 0 Å². The van der Waals surface area contributed by atoms with Crippen molar-refractivity contribution < 1.29 is 14.6 Å². The lowest BCUT2D eigenvalue weighted by Gasteiger charge is -1.98. The Morgan fingerprint density at radius 1 is 1.25 bits per heavy atom. The highest BCUT2D eigenvalue weighted by Crippen LogP contribution is 2.22. The van der Waals surface area contributed by atoms with Crippen LogP contribution >= 0.6 is 0 Å². The number of aromatic nitrogens is 2. The lowest BCUT2D eigenvalue weighted by atomic mass is 10.2. The SMILES string of the molecule is COC(=O)c1ccn2cc(-c3ccc(O)cc3)nc2c1. The normalized spacial score (nSPS) is 10.7. The first-order chi connectivity index (χ1) is 9.67. The molecule has 0 saturated heterocycles. The van der Waals surface area contributed by atoms with Gasteiger partial charge in [0.25, 0.3) is 0 Å². The molecule has 1 N–H and O–H groups in total. The maximum Gasteiger partial charge on any atom is 0.338 e. The van der Waals surface area contributed by atoms with Gasteiger partial charge in [0.15, 0.2) is 0 Å². The molecular formula is C15H12N2O3. The molecule has 0 radical (unpaired) electrons. The molecule has 0 aliphatic heterocycles. The van der Waals surface area contributed by atoms with Crippen LogP contribution in [0.25, 0.3) is 16.9 Å². The predicted octanol–water partition coefficient (Wildman–Crippen LogP) is 2.49. The van der Waals surface area contributed by atoms with Gasteiger partial charge in [-0.25, -0.2) is 9.78 Å². The summed E-state index contributed by atoms with van der Waals surface area (Å²) in [5.74, 6) is -0.174. The Balaban J connectivity index is 2.06. The van der Waals surface area contributed by atoms with E-state index in [4.69, 9.17) is 0 Å². The van der Waals surface area contributed by atoms with E-state index in [0.29, 0.717) is 11.2 Å². The second-order valence-corrected chi connectivity index (χ2v) is 4.35. The summed E-state index contributed by atoms with van der Waals surface area (Å²) in [6.45, 7) is 0. The fourth-order valence-corrected chi connectivity index (χ4v) is 2.00. The Kier molecular flexibility index (Phi) is 2.87. The number of aromatic hydroxyl groups is 1. The van der Waals surface area contributed by atoms with E-state index in [2.05, 4.69) is 9.72 Å². The standard InChI is InChI=1S/C15H12N2O3/c1-20-15(19)11-6-7-17-9-13(16-14(17)8-11)10-2-4-12(18)5-3-10/h2-9,18H,1H3. The minimum Gasteiger partial charge on any atom is -0.508 e. The fraction of sp³-hybridized carbons (Fsp3) is 0.0667. The Morgan fingerprint density at radius 2 is 2.00 bits per heavy atom. The van der Waals surface area contributed by atoms with Crippen molar-refractivity contribution in [2.45, 2.75) is 0 Å². The molecule has 0 saturated carbocycles. The van der Waals surface area contributed by atoms with Gasteiger partial charge in [-0.3, -0.25) is 0 Å². The highest BCUT2D eigenvalue weighted by Gasteiger charge is 2.09. The van der Waals surface area contributed by atoms with Crippen LogP contribution in [-0.4, -0.2) is 27.6 Å². The third kappa shape index (κ3) is 2.09. The van der Waals surface area contributed by atoms with Crippen molar-refractivity contribution in [2.75, 3.05) is 7.11 Å². The number of hydrogen-bond donors (Lipinski definition) is 1. The third-order valence-corrected chi connectivity index (χ3v) is 3.04. The molecule has 0 amide bonds. The molecule has 3 aromatic rings. The topological polar surface area (TPSA) is 63.8 Å². The van der Waals surface area contributed by atoms with Crippen molar-refractivity contribution in [1.82, 2.24) is 9.38 Å². The number of hydrogen-bond acceptors (Lipinski definition) is 4. The van der Waals surface area contributed by atoms with Crippen LogP contribution < -0.4 is 0 Å². The van der Waals surface area contributed by atoms with Crippen molar-refractivity contribution in [3.8, 4) is 17.0 Å². The van der Waals surface area contributed by atoms with E-state index in [1.54, 1.807) is 42.6 Å². The second-order valence-electron chi connectivity index (χ2n) is 4.35. The molecule has 20 heavy (non-hydrogen) atoms. The monoisotopic (exact) mass is 268 g/mol. The van der Waals surface area contributed by atoms with Crippen LogP contribution in [0.1, 0.15) is 10.4 Å². The van der Waals surface area contributed by atoms with Crippen LogP contribution in [0, 0.1) is 0 Å². The van der Waals surface area contributed by atoms with Crippen LogP contribution in [0.2, 0.25) is 0 Å². The summed E-state index contributed by atoms with van der Waals surface area (Å²) in [6.07, 6.45) is 3.63. The first-order valence-corrected chi connectivity index (χ1v) is 6.04. The van der Waals surface area contributed by atoms with Crippen molar-refractivity contribution in [2.24, 2.45) is 0 Å². The molecule has 5 nitrogen and oxygen atoms in total. The maximum absolute atomic E-state index is 11.5. The average Bonchev–Trinajstić information content (AvgIpc) is 2.90. The van der Waals surface area contributed by atoms with E-state index < -0.39 is 0 Å². The zero-order valence-electron chi connectivity index (χ0n) is 10.8. The van der Waals surface area contributed by atoms with Crippen molar-refractivity contribution in [1.29, 1.82) is 0 Å². The van der Waals surface area contributed by atoms with Crippen molar-refractivity contribution in [3.05, 3.63) is 54.4 Å². The number of phenols is 1. The van der Waals surface area contributed by atoms with E-state index in [0.717, 1.165) is 11.3 Å². The molecule has 5 heteroatoms. The number of rotatable bonds is 2. The molecule has 0 spiro atoms. The number of phenolic OH excluding ortho intramolecular Hbond substituents is 1. The minimum atomic E-state index is -0.387. The summed E-state index contributed by atoms with van der Waals surface area (Å²) in [7, 11) is 1.35. The first kappa shape index (κ1) is 12.2. The molecule has 1 aromatic carbocycles. The Labute approximate surface area is 115 Å². The summed E-state index contributed by atoms with van der Waals surface area (Å²) >= 11 is 0. The van der Waals surface area contributed by atoms with Gasteiger partial charge in [-0.05, 0) is 36.4 Å².